The molecular weight excluding hydrogens is 214 g/mol. The molecule has 1 saturated heterocycles. The molecule has 0 spiro atoms. The number of para-hydroxylation sites is 1. The molecule has 0 radical (unpaired) electrons. The molecule has 2 aromatic rings. The van der Waals surface area contributed by atoms with Crippen LogP contribution < -0.4 is 0 Å². The zero-order chi connectivity index (χ0) is 11.7. The molecule has 2 N–H and O–H groups in total. The topological polar surface area (TPSA) is 52.1 Å². The van der Waals surface area contributed by atoms with Crippen LogP contribution in [0.2, 0.25) is 0 Å². The standard InChI is InChI=1S/C13H17N3O/c17-9-10-4-5-16(7-10)8-12-3-1-2-11-6-14-15-13(11)12/h1-3,6,10,17H,4-5,7-9H2,(H,14,15). The van der Waals surface area contributed by atoms with Gasteiger partial charge in [0.25, 0.3) is 0 Å². The Morgan fingerprint density at radius 3 is 3.24 bits per heavy atom. The number of nitrogens with one attached hydrogen (secondary N) is 1. The number of hydrogen-bond acceptors (Lipinski definition) is 3. The molecule has 0 saturated carbocycles. The number of likely N-dealkylation sites (tertiary alicyclic amines) is 1. The summed E-state index contributed by atoms with van der Waals surface area (Å²) in [4.78, 5) is 2.40. The molecule has 2 heterocycles. The van der Waals surface area contributed by atoms with Gasteiger partial charge in [0.05, 0.1) is 11.7 Å². The Labute approximate surface area is 100 Å². The molecule has 90 valence electrons. The summed E-state index contributed by atoms with van der Waals surface area (Å²) < 4.78 is 0. The summed E-state index contributed by atoms with van der Waals surface area (Å²) in [7, 11) is 0. The predicted octanol–water partition coefficient (Wildman–Crippen LogP) is 1.38. The molecule has 1 aliphatic heterocycles. The van der Waals surface area contributed by atoms with Gasteiger partial charge in [-0.25, -0.2) is 0 Å². The fourth-order valence-corrected chi connectivity index (χ4v) is 2.61. The van der Waals surface area contributed by atoms with Gasteiger partial charge in [0.2, 0.25) is 0 Å². The molecule has 1 atom stereocenters. The number of benzene rings is 1. The number of nitrogens with zero attached hydrogens (tertiary/aromatic N) is 2. The molecule has 0 amide bonds. The van der Waals surface area contributed by atoms with Crippen LogP contribution in [-0.2, 0) is 6.54 Å². The van der Waals surface area contributed by atoms with Gasteiger partial charge in [0.1, 0.15) is 0 Å². The average Bonchev–Trinajstić information content (AvgIpc) is 2.97. The molecular formula is C13H17N3O. The third-order valence-electron chi connectivity index (χ3n) is 3.59. The highest BCUT2D eigenvalue weighted by Gasteiger charge is 2.22. The first-order chi connectivity index (χ1) is 8.36. The van der Waals surface area contributed by atoms with E-state index in [1.165, 1.54) is 10.9 Å². The van der Waals surface area contributed by atoms with Crippen LogP contribution in [0.15, 0.2) is 24.4 Å². The minimum atomic E-state index is 0.310. The molecule has 0 aliphatic carbocycles. The van der Waals surface area contributed by atoms with Gasteiger partial charge < -0.3 is 5.11 Å². The van der Waals surface area contributed by atoms with Crippen LogP contribution in [-0.4, -0.2) is 39.9 Å². The lowest BCUT2D eigenvalue weighted by atomic mass is 10.1. The fourth-order valence-electron chi connectivity index (χ4n) is 2.61. The van der Waals surface area contributed by atoms with Gasteiger partial charge in [-0.1, -0.05) is 18.2 Å². The Morgan fingerprint density at radius 2 is 2.41 bits per heavy atom. The highest BCUT2D eigenvalue weighted by atomic mass is 16.3. The molecule has 4 nitrogen and oxygen atoms in total. The summed E-state index contributed by atoms with van der Waals surface area (Å²) in [6.45, 7) is 3.33. The van der Waals surface area contributed by atoms with E-state index in [1.54, 1.807) is 0 Å². The van der Waals surface area contributed by atoms with Gasteiger partial charge in [-0.3, -0.25) is 10.00 Å². The molecule has 17 heavy (non-hydrogen) atoms. The van der Waals surface area contributed by atoms with Crippen LogP contribution in [0.4, 0.5) is 0 Å². The van der Waals surface area contributed by atoms with Crippen molar-refractivity contribution >= 4 is 10.9 Å². The van der Waals surface area contributed by atoms with E-state index in [0.29, 0.717) is 12.5 Å². The molecule has 1 aromatic carbocycles. The SMILES string of the molecule is OCC1CCN(Cc2cccc3cn[nH]c23)C1. The zero-order valence-corrected chi connectivity index (χ0v) is 9.76. The van der Waals surface area contributed by atoms with Crippen molar-refractivity contribution in [2.75, 3.05) is 19.7 Å². The number of aliphatic hydroxyl groups excluding tert-OH is 1. The van der Waals surface area contributed by atoms with E-state index in [4.69, 9.17) is 5.11 Å². The Hall–Kier alpha value is -1.39. The van der Waals surface area contributed by atoms with Crippen molar-refractivity contribution in [2.45, 2.75) is 13.0 Å². The Balaban J connectivity index is 1.79. The second-order valence-electron chi connectivity index (χ2n) is 4.82. The molecule has 1 aliphatic rings. The van der Waals surface area contributed by atoms with E-state index in [0.717, 1.165) is 31.6 Å². The van der Waals surface area contributed by atoms with Crippen LogP contribution in [0.5, 0.6) is 0 Å². The zero-order valence-electron chi connectivity index (χ0n) is 9.76. The van der Waals surface area contributed by atoms with Crippen LogP contribution in [0.1, 0.15) is 12.0 Å². The minimum Gasteiger partial charge on any atom is -0.396 e. The van der Waals surface area contributed by atoms with E-state index in [1.807, 2.05) is 6.20 Å². The third kappa shape index (κ3) is 2.06. The third-order valence-corrected chi connectivity index (χ3v) is 3.59. The van der Waals surface area contributed by atoms with E-state index in [2.05, 4.69) is 33.3 Å². The summed E-state index contributed by atoms with van der Waals surface area (Å²) in [5.74, 6) is 0.455. The van der Waals surface area contributed by atoms with E-state index >= 15 is 0 Å². The number of aliphatic hydroxyl groups is 1. The largest absolute Gasteiger partial charge is 0.396 e. The van der Waals surface area contributed by atoms with Crippen molar-refractivity contribution < 1.29 is 5.11 Å². The maximum absolute atomic E-state index is 9.15. The summed E-state index contributed by atoms with van der Waals surface area (Å²) in [6, 6.07) is 6.29. The summed E-state index contributed by atoms with van der Waals surface area (Å²) in [5.41, 5.74) is 2.43. The van der Waals surface area contributed by atoms with Crippen molar-refractivity contribution in [1.82, 2.24) is 15.1 Å². The molecule has 0 bridgehead atoms. The first-order valence-electron chi connectivity index (χ1n) is 6.11. The van der Waals surface area contributed by atoms with Crippen molar-refractivity contribution in [3.63, 3.8) is 0 Å². The van der Waals surface area contributed by atoms with Gasteiger partial charge in [-0.15, -0.1) is 0 Å². The Morgan fingerprint density at radius 1 is 1.47 bits per heavy atom. The van der Waals surface area contributed by atoms with Gasteiger partial charge in [0, 0.05) is 25.1 Å². The van der Waals surface area contributed by atoms with Crippen molar-refractivity contribution in [3.05, 3.63) is 30.0 Å². The van der Waals surface area contributed by atoms with Gasteiger partial charge in [-0.05, 0) is 24.4 Å². The first kappa shape index (κ1) is 10.7. The minimum absolute atomic E-state index is 0.310. The molecule has 1 unspecified atom stereocenters. The van der Waals surface area contributed by atoms with Crippen molar-refractivity contribution in [1.29, 1.82) is 0 Å². The molecule has 4 heteroatoms. The number of rotatable bonds is 3. The highest BCUT2D eigenvalue weighted by Crippen LogP contribution is 2.21. The number of H-pyrrole nitrogens is 1. The quantitative estimate of drug-likeness (QED) is 0.839. The van der Waals surface area contributed by atoms with E-state index < -0.39 is 0 Å². The predicted molar refractivity (Wildman–Crippen MR) is 66.6 cm³/mol. The monoisotopic (exact) mass is 231 g/mol. The summed E-state index contributed by atoms with van der Waals surface area (Å²) in [6.07, 6.45) is 2.97. The highest BCUT2D eigenvalue weighted by molar-refractivity contribution is 5.81. The second kappa shape index (κ2) is 4.47. The first-order valence-corrected chi connectivity index (χ1v) is 6.11. The van der Waals surface area contributed by atoms with Crippen LogP contribution >= 0.6 is 0 Å². The maximum atomic E-state index is 9.15. The van der Waals surface area contributed by atoms with Gasteiger partial charge in [0.15, 0.2) is 0 Å². The van der Waals surface area contributed by atoms with E-state index in [-0.39, 0.29) is 0 Å². The van der Waals surface area contributed by atoms with Gasteiger partial charge >= 0.3 is 0 Å². The average molecular weight is 231 g/mol. The maximum Gasteiger partial charge on any atom is 0.0695 e. The molecule has 1 aromatic heterocycles. The number of aromatic amines is 1. The lowest BCUT2D eigenvalue weighted by Crippen LogP contribution is -2.21. The lowest BCUT2D eigenvalue weighted by Gasteiger charge is -2.15. The second-order valence-corrected chi connectivity index (χ2v) is 4.82. The van der Waals surface area contributed by atoms with Crippen LogP contribution in [0.25, 0.3) is 10.9 Å². The fraction of sp³-hybridized carbons (Fsp3) is 0.462. The van der Waals surface area contributed by atoms with Crippen molar-refractivity contribution in [3.8, 4) is 0 Å². The summed E-state index contributed by atoms with van der Waals surface area (Å²) in [5, 5.41) is 17.5. The van der Waals surface area contributed by atoms with Crippen LogP contribution in [0.3, 0.4) is 0 Å². The lowest BCUT2D eigenvalue weighted by molar-refractivity contribution is 0.220. The smallest absolute Gasteiger partial charge is 0.0695 e. The van der Waals surface area contributed by atoms with Crippen molar-refractivity contribution in [2.24, 2.45) is 5.92 Å². The molecule has 1 fully saturated rings. The Bertz CT molecular complexity index is 508. The van der Waals surface area contributed by atoms with Crippen LogP contribution in [0, 0.1) is 5.92 Å². The van der Waals surface area contributed by atoms with Gasteiger partial charge in [-0.2, -0.15) is 5.10 Å². The number of hydrogen-bond donors (Lipinski definition) is 2. The summed E-state index contributed by atoms with van der Waals surface area (Å²) >= 11 is 0. The normalized spacial score (nSPS) is 21.4. The van der Waals surface area contributed by atoms with E-state index in [9.17, 15) is 0 Å². The number of fused-ring (bicyclic) bond motifs is 1. The number of aromatic nitrogens is 2. The molecule has 3 rings (SSSR count). The Kier molecular flexibility index (Phi) is 2.82.